The van der Waals surface area contributed by atoms with E-state index in [2.05, 4.69) is 24.2 Å². The standard InChI is InChI=1S/C16H25N3O/c1-11-4-7-13(8-5-11)19(3)15-10-12(17)6-9-14(15)16(20)18-2/h6,9-11,13H,4-5,7-8,17H2,1-3H3,(H,18,20). The summed E-state index contributed by atoms with van der Waals surface area (Å²) in [7, 11) is 3.73. The van der Waals surface area contributed by atoms with Gasteiger partial charge in [0.1, 0.15) is 0 Å². The van der Waals surface area contributed by atoms with Gasteiger partial charge in [-0.25, -0.2) is 0 Å². The summed E-state index contributed by atoms with van der Waals surface area (Å²) in [6.45, 7) is 2.31. The van der Waals surface area contributed by atoms with Crippen LogP contribution in [0.25, 0.3) is 0 Å². The first-order valence-electron chi connectivity index (χ1n) is 7.37. The van der Waals surface area contributed by atoms with Crippen LogP contribution in [0.5, 0.6) is 0 Å². The molecule has 0 saturated heterocycles. The molecule has 3 N–H and O–H groups in total. The van der Waals surface area contributed by atoms with Gasteiger partial charge in [0.05, 0.1) is 11.3 Å². The lowest BCUT2D eigenvalue weighted by atomic mass is 9.86. The van der Waals surface area contributed by atoms with E-state index in [0.717, 1.165) is 11.6 Å². The Morgan fingerprint density at radius 2 is 1.95 bits per heavy atom. The first-order valence-corrected chi connectivity index (χ1v) is 7.37. The number of nitrogen functional groups attached to an aromatic ring is 1. The molecular formula is C16H25N3O. The molecule has 0 aliphatic heterocycles. The van der Waals surface area contributed by atoms with Crippen LogP contribution in [0.4, 0.5) is 11.4 Å². The highest BCUT2D eigenvalue weighted by Crippen LogP contribution is 2.31. The maximum Gasteiger partial charge on any atom is 0.253 e. The fraction of sp³-hybridized carbons (Fsp3) is 0.562. The van der Waals surface area contributed by atoms with Crippen molar-refractivity contribution in [1.29, 1.82) is 0 Å². The van der Waals surface area contributed by atoms with Crippen molar-refractivity contribution in [2.24, 2.45) is 5.92 Å². The molecule has 110 valence electrons. The quantitative estimate of drug-likeness (QED) is 0.834. The third-order valence-electron chi connectivity index (χ3n) is 4.41. The number of nitrogens with two attached hydrogens (primary N) is 1. The van der Waals surface area contributed by atoms with Gasteiger partial charge in [-0.1, -0.05) is 6.92 Å². The Morgan fingerprint density at radius 1 is 1.30 bits per heavy atom. The minimum Gasteiger partial charge on any atom is -0.399 e. The molecule has 1 fully saturated rings. The van der Waals surface area contributed by atoms with Crippen LogP contribution in [-0.4, -0.2) is 26.0 Å². The number of hydrogen-bond acceptors (Lipinski definition) is 3. The van der Waals surface area contributed by atoms with Crippen molar-refractivity contribution < 1.29 is 4.79 Å². The van der Waals surface area contributed by atoms with Crippen LogP contribution in [0.1, 0.15) is 43.0 Å². The predicted molar refractivity (Wildman–Crippen MR) is 84.1 cm³/mol. The topological polar surface area (TPSA) is 58.4 Å². The van der Waals surface area contributed by atoms with Gasteiger partial charge in [0.25, 0.3) is 5.91 Å². The molecule has 0 aromatic heterocycles. The van der Waals surface area contributed by atoms with Gasteiger partial charge in [-0.3, -0.25) is 4.79 Å². The van der Waals surface area contributed by atoms with E-state index in [1.54, 1.807) is 13.1 Å². The second-order valence-electron chi connectivity index (χ2n) is 5.88. The lowest BCUT2D eigenvalue weighted by Gasteiger charge is -2.36. The van der Waals surface area contributed by atoms with Gasteiger partial charge in [0.2, 0.25) is 0 Å². The number of hydrogen-bond donors (Lipinski definition) is 2. The Kier molecular flexibility index (Phi) is 4.53. The highest BCUT2D eigenvalue weighted by molar-refractivity contribution is 6.00. The Morgan fingerprint density at radius 3 is 2.55 bits per heavy atom. The second kappa shape index (κ2) is 6.16. The molecule has 1 saturated carbocycles. The van der Waals surface area contributed by atoms with E-state index in [-0.39, 0.29) is 5.91 Å². The molecule has 0 bridgehead atoms. The number of carbonyl (C=O) groups is 1. The summed E-state index contributed by atoms with van der Waals surface area (Å²) in [5.41, 5.74) is 8.23. The third-order valence-corrected chi connectivity index (χ3v) is 4.41. The molecule has 0 atom stereocenters. The molecule has 0 unspecified atom stereocenters. The minimum atomic E-state index is -0.0592. The normalized spacial score (nSPS) is 22.4. The van der Waals surface area contributed by atoms with Crippen LogP contribution in [0.3, 0.4) is 0 Å². The molecule has 1 aliphatic rings. The summed E-state index contributed by atoms with van der Waals surface area (Å²) >= 11 is 0. The van der Waals surface area contributed by atoms with Crippen molar-refractivity contribution in [2.45, 2.75) is 38.6 Å². The Hall–Kier alpha value is -1.71. The summed E-state index contributed by atoms with van der Waals surface area (Å²) < 4.78 is 0. The van der Waals surface area contributed by atoms with Crippen molar-refractivity contribution in [3.8, 4) is 0 Å². The monoisotopic (exact) mass is 275 g/mol. The number of anilines is 2. The maximum absolute atomic E-state index is 12.0. The minimum absolute atomic E-state index is 0.0592. The Balaban J connectivity index is 2.26. The zero-order chi connectivity index (χ0) is 14.7. The number of nitrogens with one attached hydrogen (secondary N) is 1. The first-order chi connectivity index (χ1) is 9.52. The van der Waals surface area contributed by atoms with Crippen molar-refractivity contribution in [2.75, 3.05) is 24.7 Å². The molecule has 4 nitrogen and oxygen atoms in total. The first kappa shape index (κ1) is 14.7. The fourth-order valence-corrected chi connectivity index (χ4v) is 2.99. The predicted octanol–water partition coefficient (Wildman–Crippen LogP) is 2.64. The molecule has 1 aliphatic carbocycles. The molecular weight excluding hydrogens is 250 g/mol. The summed E-state index contributed by atoms with van der Waals surface area (Å²) in [6.07, 6.45) is 4.87. The summed E-state index contributed by atoms with van der Waals surface area (Å²) in [6, 6.07) is 6.00. The van der Waals surface area contributed by atoms with Crippen LogP contribution in [0, 0.1) is 5.92 Å². The van der Waals surface area contributed by atoms with E-state index in [1.807, 2.05) is 12.1 Å². The van der Waals surface area contributed by atoms with Gasteiger partial charge in [-0.2, -0.15) is 0 Å². The van der Waals surface area contributed by atoms with Gasteiger partial charge < -0.3 is 16.0 Å². The van der Waals surface area contributed by atoms with Crippen molar-refractivity contribution in [3.05, 3.63) is 23.8 Å². The summed E-state index contributed by atoms with van der Waals surface area (Å²) in [5.74, 6) is 0.759. The maximum atomic E-state index is 12.0. The molecule has 1 aromatic carbocycles. The van der Waals surface area contributed by atoms with E-state index in [0.29, 0.717) is 17.3 Å². The van der Waals surface area contributed by atoms with E-state index in [1.165, 1.54) is 25.7 Å². The van der Waals surface area contributed by atoms with E-state index >= 15 is 0 Å². The zero-order valence-corrected chi connectivity index (χ0v) is 12.6. The van der Waals surface area contributed by atoms with Gasteiger partial charge >= 0.3 is 0 Å². The highest BCUT2D eigenvalue weighted by atomic mass is 16.1. The van der Waals surface area contributed by atoms with Crippen molar-refractivity contribution >= 4 is 17.3 Å². The second-order valence-corrected chi connectivity index (χ2v) is 5.88. The smallest absolute Gasteiger partial charge is 0.253 e. The van der Waals surface area contributed by atoms with Crippen molar-refractivity contribution in [3.63, 3.8) is 0 Å². The molecule has 2 rings (SSSR count). The number of benzene rings is 1. The van der Waals surface area contributed by atoms with E-state index in [4.69, 9.17) is 5.73 Å². The van der Waals surface area contributed by atoms with Crippen LogP contribution >= 0.6 is 0 Å². The SMILES string of the molecule is CNC(=O)c1ccc(N)cc1N(C)C1CCC(C)CC1. The Bertz CT molecular complexity index is 479. The molecule has 0 radical (unpaired) electrons. The van der Waals surface area contributed by atoms with Crippen molar-refractivity contribution in [1.82, 2.24) is 5.32 Å². The molecule has 4 heteroatoms. The average Bonchev–Trinajstić information content (AvgIpc) is 2.46. The number of amides is 1. The van der Waals surface area contributed by atoms with E-state index in [9.17, 15) is 4.79 Å². The summed E-state index contributed by atoms with van der Waals surface area (Å²) in [5, 5.41) is 2.70. The number of rotatable bonds is 3. The molecule has 0 heterocycles. The largest absolute Gasteiger partial charge is 0.399 e. The third kappa shape index (κ3) is 3.06. The molecule has 1 amide bonds. The van der Waals surface area contributed by atoms with Crippen LogP contribution < -0.4 is 16.0 Å². The molecule has 20 heavy (non-hydrogen) atoms. The average molecular weight is 275 g/mol. The van der Waals surface area contributed by atoms with Crippen LogP contribution in [0.15, 0.2) is 18.2 Å². The molecule has 0 spiro atoms. The van der Waals surface area contributed by atoms with Gasteiger partial charge in [0, 0.05) is 25.8 Å². The van der Waals surface area contributed by atoms with E-state index < -0.39 is 0 Å². The highest BCUT2D eigenvalue weighted by Gasteiger charge is 2.24. The lowest BCUT2D eigenvalue weighted by Crippen LogP contribution is -2.36. The zero-order valence-electron chi connectivity index (χ0n) is 12.6. The number of carbonyl (C=O) groups excluding carboxylic acids is 1. The van der Waals surface area contributed by atoms with Crippen LogP contribution in [0.2, 0.25) is 0 Å². The molecule has 1 aromatic rings. The van der Waals surface area contributed by atoms with Gasteiger partial charge in [-0.15, -0.1) is 0 Å². The number of nitrogens with zero attached hydrogens (tertiary/aromatic N) is 1. The van der Waals surface area contributed by atoms with Crippen LogP contribution in [-0.2, 0) is 0 Å². The lowest BCUT2D eigenvalue weighted by molar-refractivity contribution is 0.0963. The fourth-order valence-electron chi connectivity index (χ4n) is 2.99. The Labute approximate surface area is 121 Å². The summed E-state index contributed by atoms with van der Waals surface area (Å²) in [4.78, 5) is 14.2. The van der Waals surface area contributed by atoms with Gasteiger partial charge in [0.15, 0.2) is 0 Å². The van der Waals surface area contributed by atoms with Gasteiger partial charge in [-0.05, 0) is 49.8 Å².